The second-order valence-electron chi connectivity index (χ2n) is 5.28. The molecular weight excluding hydrogens is 306 g/mol. The number of anilines is 1. The summed E-state index contributed by atoms with van der Waals surface area (Å²) < 4.78 is 3.11. The SMILES string of the molecule is C[n+]1c(C=Cc2ccc(N)cc2)sc2cccc(C(=O)CN)c21. The highest BCUT2D eigenvalue weighted by atomic mass is 32.1. The van der Waals surface area contributed by atoms with Crippen molar-refractivity contribution in [2.24, 2.45) is 12.8 Å². The van der Waals surface area contributed by atoms with E-state index in [0.29, 0.717) is 5.56 Å². The van der Waals surface area contributed by atoms with Gasteiger partial charge < -0.3 is 11.5 Å². The van der Waals surface area contributed by atoms with E-state index < -0.39 is 0 Å². The van der Waals surface area contributed by atoms with Crippen LogP contribution in [0.1, 0.15) is 20.9 Å². The standard InChI is InChI=1S/C18H17N3OS/c1-21-17(10-7-12-5-8-13(20)9-6-12)23-16-4-2-3-14(18(16)21)15(22)11-19/h2-10,20H,11,19H2,1H3/p+1. The van der Waals surface area contributed by atoms with Crippen molar-refractivity contribution < 1.29 is 9.36 Å². The summed E-state index contributed by atoms with van der Waals surface area (Å²) in [5.41, 5.74) is 14.7. The first-order chi connectivity index (χ1) is 11.1. The predicted molar refractivity (Wildman–Crippen MR) is 96.2 cm³/mol. The summed E-state index contributed by atoms with van der Waals surface area (Å²) in [6.07, 6.45) is 4.08. The fourth-order valence-corrected chi connectivity index (χ4v) is 3.58. The minimum atomic E-state index is -0.0435. The number of para-hydroxylation sites is 1. The normalized spacial score (nSPS) is 11.4. The Bertz CT molecular complexity index is 895. The molecule has 4 nitrogen and oxygen atoms in total. The molecule has 0 unspecified atom stereocenters. The van der Waals surface area contributed by atoms with Gasteiger partial charge in [0.15, 0.2) is 5.78 Å². The monoisotopic (exact) mass is 324 g/mol. The molecule has 5 heteroatoms. The van der Waals surface area contributed by atoms with Gasteiger partial charge in [0.1, 0.15) is 11.7 Å². The molecule has 0 bridgehead atoms. The maximum absolute atomic E-state index is 12.0. The minimum Gasteiger partial charge on any atom is -0.399 e. The molecule has 0 saturated carbocycles. The van der Waals surface area contributed by atoms with E-state index in [0.717, 1.165) is 26.5 Å². The molecule has 2 aromatic carbocycles. The highest BCUT2D eigenvalue weighted by Crippen LogP contribution is 2.24. The number of benzene rings is 2. The third kappa shape index (κ3) is 3.02. The molecule has 116 valence electrons. The Kier molecular flexibility index (Phi) is 4.23. The molecule has 3 rings (SSSR count). The summed E-state index contributed by atoms with van der Waals surface area (Å²) in [7, 11) is 1.97. The molecule has 0 radical (unpaired) electrons. The number of carbonyl (C=O) groups is 1. The van der Waals surface area contributed by atoms with Crippen molar-refractivity contribution in [1.82, 2.24) is 0 Å². The van der Waals surface area contributed by atoms with Crippen LogP contribution in [0.3, 0.4) is 0 Å². The van der Waals surface area contributed by atoms with E-state index in [1.807, 2.05) is 66.2 Å². The number of aromatic nitrogens is 1. The number of hydrogen-bond acceptors (Lipinski definition) is 4. The van der Waals surface area contributed by atoms with Gasteiger partial charge in [-0.15, -0.1) is 0 Å². The van der Waals surface area contributed by atoms with Crippen LogP contribution >= 0.6 is 11.3 Å². The van der Waals surface area contributed by atoms with Crippen molar-refractivity contribution in [2.45, 2.75) is 0 Å². The summed E-state index contributed by atoms with van der Waals surface area (Å²) in [5.74, 6) is -0.0435. The average molecular weight is 324 g/mol. The Morgan fingerprint density at radius 1 is 1.17 bits per heavy atom. The molecule has 4 N–H and O–H groups in total. The second kappa shape index (κ2) is 6.32. The number of thiazole rings is 1. The quantitative estimate of drug-likeness (QED) is 0.440. The van der Waals surface area contributed by atoms with Crippen molar-refractivity contribution in [3.8, 4) is 0 Å². The molecule has 3 aromatic rings. The van der Waals surface area contributed by atoms with Crippen molar-refractivity contribution in [3.05, 3.63) is 58.6 Å². The van der Waals surface area contributed by atoms with Crippen LogP contribution in [0.25, 0.3) is 22.4 Å². The minimum absolute atomic E-state index is 0.0194. The number of Topliss-reactive ketones (excluding diaryl/α,β-unsaturated/α-hetero) is 1. The van der Waals surface area contributed by atoms with Crippen LogP contribution in [0.15, 0.2) is 42.5 Å². The van der Waals surface area contributed by atoms with Crippen LogP contribution in [0, 0.1) is 0 Å². The van der Waals surface area contributed by atoms with Gasteiger partial charge in [0.2, 0.25) is 5.52 Å². The van der Waals surface area contributed by atoms with Crippen LogP contribution in [0.5, 0.6) is 0 Å². The molecule has 0 aliphatic rings. The summed E-state index contributed by atoms with van der Waals surface area (Å²) in [4.78, 5) is 12.0. The van der Waals surface area contributed by atoms with Crippen LogP contribution in [0.2, 0.25) is 0 Å². The lowest BCUT2D eigenvalue weighted by atomic mass is 10.1. The van der Waals surface area contributed by atoms with E-state index in [9.17, 15) is 4.79 Å². The van der Waals surface area contributed by atoms with Gasteiger partial charge in [0.05, 0.1) is 12.1 Å². The highest BCUT2D eigenvalue weighted by Gasteiger charge is 2.21. The van der Waals surface area contributed by atoms with Gasteiger partial charge in [-0.1, -0.05) is 29.5 Å². The number of aryl methyl sites for hydroxylation is 1. The van der Waals surface area contributed by atoms with Gasteiger partial charge in [-0.3, -0.25) is 4.79 Å². The molecule has 0 fully saturated rings. The Hall–Kier alpha value is -2.50. The number of nitrogens with zero attached hydrogens (tertiary/aromatic N) is 1. The van der Waals surface area contributed by atoms with Gasteiger partial charge in [-0.05, 0) is 35.9 Å². The van der Waals surface area contributed by atoms with Crippen LogP contribution in [-0.2, 0) is 7.05 Å². The van der Waals surface area contributed by atoms with Gasteiger partial charge in [-0.2, -0.15) is 4.57 Å². The molecule has 0 aliphatic heterocycles. The van der Waals surface area contributed by atoms with Crippen molar-refractivity contribution >= 4 is 45.2 Å². The zero-order chi connectivity index (χ0) is 16.4. The maximum Gasteiger partial charge on any atom is 0.262 e. The molecule has 1 heterocycles. The van der Waals surface area contributed by atoms with E-state index in [1.54, 1.807) is 11.3 Å². The second-order valence-corrected chi connectivity index (χ2v) is 6.34. The third-order valence-corrected chi connectivity index (χ3v) is 4.89. The van der Waals surface area contributed by atoms with Crippen LogP contribution in [-0.4, -0.2) is 12.3 Å². The predicted octanol–water partition coefficient (Wildman–Crippen LogP) is 2.62. The summed E-state index contributed by atoms with van der Waals surface area (Å²) in [6.45, 7) is 0.0194. The molecule has 1 aromatic heterocycles. The van der Waals surface area contributed by atoms with Gasteiger partial charge in [-0.25, -0.2) is 0 Å². The maximum atomic E-state index is 12.0. The number of fused-ring (bicyclic) bond motifs is 1. The first-order valence-electron chi connectivity index (χ1n) is 7.28. The zero-order valence-corrected chi connectivity index (χ0v) is 13.6. The molecule has 0 amide bonds. The van der Waals surface area contributed by atoms with E-state index in [1.165, 1.54) is 0 Å². The van der Waals surface area contributed by atoms with E-state index >= 15 is 0 Å². The Labute approximate surface area is 138 Å². The van der Waals surface area contributed by atoms with Crippen molar-refractivity contribution in [2.75, 3.05) is 12.3 Å². The fourth-order valence-electron chi connectivity index (χ4n) is 2.50. The number of nitrogens with two attached hydrogens (primary N) is 2. The molecule has 0 aliphatic carbocycles. The summed E-state index contributed by atoms with van der Waals surface area (Å²) in [6, 6.07) is 13.5. The Balaban J connectivity index is 2.04. The lowest BCUT2D eigenvalue weighted by Gasteiger charge is -1.97. The van der Waals surface area contributed by atoms with E-state index in [4.69, 9.17) is 11.5 Å². The number of hydrogen-bond donors (Lipinski definition) is 2. The lowest BCUT2D eigenvalue weighted by molar-refractivity contribution is -0.642. The first-order valence-corrected chi connectivity index (χ1v) is 8.10. The zero-order valence-electron chi connectivity index (χ0n) is 12.8. The molecule has 0 saturated heterocycles. The number of nitrogen functional groups attached to an aromatic ring is 1. The van der Waals surface area contributed by atoms with Crippen molar-refractivity contribution in [1.29, 1.82) is 0 Å². The Morgan fingerprint density at radius 3 is 2.61 bits per heavy atom. The number of ketones is 1. The van der Waals surface area contributed by atoms with E-state index in [2.05, 4.69) is 0 Å². The molecular formula is C18H18N3OS+. The summed E-state index contributed by atoms with van der Waals surface area (Å²) >= 11 is 1.65. The van der Waals surface area contributed by atoms with Crippen LogP contribution < -0.4 is 16.0 Å². The molecule has 23 heavy (non-hydrogen) atoms. The molecule has 0 spiro atoms. The van der Waals surface area contributed by atoms with Gasteiger partial charge in [0.25, 0.3) is 5.01 Å². The highest BCUT2D eigenvalue weighted by molar-refractivity contribution is 7.19. The Morgan fingerprint density at radius 2 is 1.91 bits per heavy atom. The lowest BCUT2D eigenvalue weighted by Crippen LogP contribution is -2.31. The van der Waals surface area contributed by atoms with Crippen molar-refractivity contribution in [3.63, 3.8) is 0 Å². The first kappa shape index (κ1) is 15.4. The topological polar surface area (TPSA) is 73.0 Å². The fraction of sp³-hybridized carbons (Fsp3) is 0.111. The number of rotatable bonds is 4. The average Bonchev–Trinajstić information content (AvgIpc) is 2.90. The number of carbonyl (C=O) groups excluding carboxylic acids is 1. The van der Waals surface area contributed by atoms with E-state index in [-0.39, 0.29) is 12.3 Å². The smallest absolute Gasteiger partial charge is 0.262 e. The van der Waals surface area contributed by atoms with Gasteiger partial charge >= 0.3 is 0 Å². The summed E-state index contributed by atoms with van der Waals surface area (Å²) in [5, 5.41) is 1.06. The van der Waals surface area contributed by atoms with Crippen LogP contribution in [0.4, 0.5) is 5.69 Å². The largest absolute Gasteiger partial charge is 0.399 e. The van der Waals surface area contributed by atoms with Gasteiger partial charge in [0, 0.05) is 11.8 Å². The third-order valence-electron chi connectivity index (χ3n) is 3.72. The molecule has 0 atom stereocenters.